The number of ether oxygens (including phenoxy) is 1. The van der Waals surface area contributed by atoms with Crippen molar-refractivity contribution in [3.63, 3.8) is 0 Å². The van der Waals surface area contributed by atoms with Crippen LogP contribution in [0.2, 0.25) is 5.04 Å². The number of hydrogen-bond acceptors (Lipinski definition) is 4. The molecule has 0 aromatic heterocycles. The van der Waals surface area contributed by atoms with E-state index in [0.29, 0.717) is 19.6 Å². The molecule has 3 aromatic carbocycles. The molecule has 5 nitrogen and oxygen atoms in total. The SMILES string of the molecule is CC(C)(C)[SiH2]OC(c1ccccc1)(c1ccccc1)[C@@H](N)CCOCc1ccccc1.CN(C)C=O. The molecule has 36 heavy (non-hydrogen) atoms. The predicted octanol–water partition coefficient (Wildman–Crippen LogP) is 4.89. The minimum absolute atomic E-state index is 0.151. The van der Waals surface area contributed by atoms with Crippen LogP contribution in [0.25, 0.3) is 0 Å². The average molecular weight is 507 g/mol. The second-order valence-electron chi connectivity index (χ2n) is 10.3. The van der Waals surface area contributed by atoms with E-state index in [0.717, 1.165) is 17.5 Å². The molecule has 3 rings (SSSR count). The van der Waals surface area contributed by atoms with Crippen LogP contribution in [0.4, 0.5) is 0 Å². The van der Waals surface area contributed by atoms with E-state index in [9.17, 15) is 4.79 Å². The zero-order valence-electron chi connectivity index (χ0n) is 22.4. The second-order valence-corrected chi connectivity index (χ2v) is 13.0. The summed E-state index contributed by atoms with van der Waals surface area (Å²) in [7, 11) is 2.50. The Morgan fingerprint density at radius 3 is 1.72 bits per heavy atom. The Morgan fingerprint density at radius 2 is 1.31 bits per heavy atom. The summed E-state index contributed by atoms with van der Waals surface area (Å²) in [5.41, 5.74) is 9.64. The molecular formula is C30H42N2O3Si. The Balaban J connectivity index is 0.000000830. The topological polar surface area (TPSA) is 64.8 Å². The van der Waals surface area contributed by atoms with E-state index in [4.69, 9.17) is 14.9 Å². The summed E-state index contributed by atoms with van der Waals surface area (Å²) < 4.78 is 12.9. The smallest absolute Gasteiger partial charge is 0.209 e. The van der Waals surface area contributed by atoms with Gasteiger partial charge in [0.15, 0.2) is 9.76 Å². The van der Waals surface area contributed by atoms with E-state index in [2.05, 4.69) is 81.4 Å². The van der Waals surface area contributed by atoms with E-state index >= 15 is 0 Å². The van der Waals surface area contributed by atoms with Gasteiger partial charge in [-0.2, -0.15) is 0 Å². The van der Waals surface area contributed by atoms with Crippen LogP contribution in [-0.2, 0) is 26.2 Å². The van der Waals surface area contributed by atoms with Crippen LogP contribution in [0.3, 0.4) is 0 Å². The van der Waals surface area contributed by atoms with Gasteiger partial charge in [-0.1, -0.05) is 112 Å². The number of carbonyl (C=O) groups excluding carboxylic acids is 1. The molecule has 0 spiro atoms. The largest absolute Gasteiger partial charge is 0.409 e. The van der Waals surface area contributed by atoms with Crippen molar-refractivity contribution in [2.45, 2.75) is 50.5 Å². The first-order valence-electron chi connectivity index (χ1n) is 12.4. The normalized spacial score (nSPS) is 12.6. The van der Waals surface area contributed by atoms with Gasteiger partial charge in [0.2, 0.25) is 6.41 Å². The van der Waals surface area contributed by atoms with Crippen molar-refractivity contribution < 1.29 is 14.0 Å². The van der Waals surface area contributed by atoms with Crippen molar-refractivity contribution in [3.8, 4) is 0 Å². The summed E-state index contributed by atoms with van der Waals surface area (Å²) in [4.78, 5) is 10.9. The number of rotatable bonds is 11. The first-order chi connectivity index (χ1) is 17.2. The number of nitrogens with zero attached hydrogens (tertiary/aromatic N) is 1. The van der Waals surface area contributed by atoms with Crippen LogP contribution in [0.15, 0.2) is 91.0 Å². The van der Waals surface area contributed by atoms with Crippen molar-refractivity contribution in [2.24, 2.45) is 5.73 Å². The highest BCUT2D eigenvalue weighted by molar-refractivity contribution is 6.32. The monoisotopic (exact) mass is 506 g/mol. The Hall–Kier alpha value is -2.77. The van der Waals surface area contributed by atoms with Crippen LogP contribution in [-0.4, -0.2) is 47.8 Å². The lowest BCUT2D eigenvalue weighted by molar-refractivity contribution is -0.115. The number of carbonyl (C=O) groups is 1. The second kappa shape index (κ2) is 14.7. The van der Waals surface area contributed by atoms with Crippen LogP contribution in [0, 0.1) is 0 Å². The molecule has 2 N–H and O–H groups in total. The molecule has 0 saturated heterocycles. The molecule has 0 fully saturated rings. The van der Waals surface area contributed by atoms with Crippen molar-refractivity contribution in [1.29, 1.82) is 0 Å². The molecule has 1 amide bonds. The van der Waals surface area contributed by atoms with Crippen LogP contribution < -0.4 is 5.73 Å². The lowest BCUT2D eigenvalue weighted by Gasteiger charge is -2.42. The molecule has 0 bridgehead atoms. The van der Waals surface area contributed by atoms with Crippen molar-refractivity contribution in [1.82, 2.24) is 4.90 Å². The fourth-order valence-corrected chi connectivity index (χ4v) is 4.96. The standard InChI is InChI=1S/C27H35NO2Si.C3H7NO/c1-26(2,3)31-30-27(23-15-9-5-10-16-23,24-17-11-6-12-18-24)25(28)19-20-29-21-22-13-7-4-8-14-22;1-4(2)3-5/h4-18,25H,19-21,28,31H2,1-3H3;3H,1-2H3/t25-;/m0./s1. The Bertz CT molecular complexity index is 953. The molecule has 6 heteroatoms. The van der Waals surface area contributed by atoms with Gasteiger partial charge in [0.05, 0.1) is 6.61 Å². The van der Waals surface area contributed by atoms with Gasteiger partial charge in [0, 0.05) is 26.7 Å². The lowest BCUT2D eigenvalue weighted by Crippen LogP contribution is -2.50. The maximum Gasteiger partial charge on any atom is 0.209 e. The predicted molar refractivity (Wildman–Crippen MR) is 151 cm³/mol. The molecule has 3 aromatic rings. The van der Waals surface area contributed by atoms with Gasteiger partial charge in [0.1, 0.15) is 5.60 Å². The molecule has 0 heterocycles. The van der Waals surface area contributed by atoms with Gasteiger partial charge in [-0.05, 0) is 28.1 Å². The fourth-order valence-electron chi connectivity index (χ4n) is 3.75. The molecule has 1 atom stereocenters. The Labute approximate surface area is 219 Å². The summed E-state index contributed by atoms with van der Waals surface area (Å²) in [5.74, 6) is 0. The highest BCUT2D eigenvalue weighted by Crippen LogP contribution is 2.39. The maximum absolute atomic E-state index is 9.43. The van der Waals surface area contributed by atoms with Crippen molar-refractivity contribution in [2.75, 3.05) is 20.7 Å². The van der Waals surface area contributed by atoms with Crippen LogP contribution in [0.1, 0.15) is 43.9 Å². The zero-order valence-corrected chi connectivity index (χ0v) is 23.8. The highest BCUT2D eigenvalue weighted by Gasteiger charge is 2.41. The van der Waals surface area contributed by atoms with E-state index in [1.807, 2.05) is 30.3 Å². The Kier molecular flexibility index (Phi) is 12.0. The first-order valence-corrected chi connectivity index (χ1v) is 13.7. The first kappa shape index (κ1) is 29.5. The van der Waals surface area contributed by atoms with E-state index in [1.165, 1.54) is 10.5 Å². The molecule has 0 aliphatic rings. The quantitative estimate of drug-likeness (QED) is 0.229. The van der Waals surface area contributed by atoms with E-state index in [1.54, 1.807) is 14.1 Å². The van der Waals surface area contributed by atoms with Crippen molar-refractivity contribution in [3.05, 3.63) is 108 Å². The number of nitrogens with two attached hydrogens (primary N) is 1. The minimum atomic E-state index is -0.876. The minimum Gasteiger partial charge on any atom is -0.409 e. The molecule has 0 unspecified atom stereocenters. The lowest BCUT2D eigenvalue weighted by atomic mass is 9.79. The highest BCUT2D eigenvalue weighted by atomic mass is 28.2. The third kappa shape index (κ3) is 9.35. The number of amides is 1. The zero-order chi connectivity index (χ0) is 26.4. The number of benzene rings is 3. The van der Waals surface area contributed by atoms with Crippen LogP contribution in [0.5, 0.6) is 0 Å². The van der Waals surface area contributed by atoms with E-state index < -0.39 is 15.4 Å². The van der Waals surface area contributed by atoms with Gasteiger partial charge in [-0.25, -0.2) is 0 Å². The fraction of sp³-hybridized carbons (Fsp3) is 0.367. The molecule has 194 valence electrons. The van der Waals surface area contributed by atoms with Crippen LogP contribution >= 0.6 is 0 Å². The summed E-state index contributed by atoms with van der Waals surface area (Å²) in [5, 5.41) is 0.151. The van der Waals surface area contributed by atoms with Gasteiger partial charge in [0.25, 0.3) is 0 Å². The summed E-state index contributed by atoms with van der Waals surface area (Å²) >= 11 is 0. The molecular weight excluding hydrogens is 464 g/mol. The average Bonchev–Trinajstić information content (AvgIpc) is 2.88. The third-order valence-electron chi connectivity index (χ3n) is 5.56. The Morgan fingerprint density at radius 1 is 0.861 bits per heavy atom. The van der Waals surface area contributed by atoms with Gasteiger partial charge in [-0.3, -0.25) is 4.79 Å². The molecule has 0 aliphatic carbocycles. The van der Waals surface area contributed by atoms with E-state index in [-0.39, 0.29) is 11.1 Å². The van der Waals surface area contributed by atoms with Gasteiger partial charge in [-0.15, -0.1) is 0 Å². The molecule has 0 saturated carbocycles. The summed E-state index contributed by atoms with van der Waals surface area (Å²) in [6, 6.07) is 30.9. The molecule has 0 aliphatic heterocycles. The number of hydrogen-bond donors (Lipinski definition) is 1. The summed E-state index contributed by atoms with van der Waals surface area (Å²) in [6.07, 6.45) is 1.45. The van der Waals surface area contributed by atoms with Gasteiger partial charge >= 0.3 is 0 Å². The third-order valence-corrected chi connectivity index (χ3v) is 7.02. The van der Waals surface area contributed by atoms with Crippen molar-refractivity contribution >= 4 is 16.2 Å². The molecule has 0 radical (unpaired) electrons. The summed E-state index contributed by atoms with van der Waals surface area (Å²) in [6.45, 7) is 7.91. The van der Waals surface area contributed by atoms with Gasteiger partial charge < -0.3 is 19.8 Å². The maximum atomic E-state index is 9.43.